The van der Waals surface area contributed by atoms with Crippen LogP contribution >= 0.6 is 23.4 Å². The summed E-state index contributed by atoms with van der Waals surface area (Å²) in [7, 11) is 0. The zero-order valence-electron chi connectivity index (χ0n) is 17.1. The Balaban J connectivity index is 1.40. The van der Waals surface area contributed by atoms with Gasteiger partial charge in [-0.15, -0.1) is 10.2 Å². The first-order chi connectivity index (χ1) is 15.7. The van der Waals surface area contributed by atoms with Gasteiger partial charge >= 0.3 is 0 Å². The van der Waals surface area contributed by atoms with Gasteiger partial charge in [0.2, 0.25) is 0 Å². The van der Waals surface area contributed by atoms with Crippen molar-refractivity contribution >= 4 is 29.2 Å². The normalized spacial score (nSPS) is 15.4. The number of halogens is 1. The van der Waals surface area contributed by atoms with E-state index in [1.54, 1.807) is 12.4 Å². The summed E-state index contributed by atoms with van der Waals surface area (Å²) in [5.41, 5.74) is 6.96. The molecule has 1 aliphatic rings. The molecule has 0 amide bonds. The van der Waals surface area contributed by atoms with E-state index < -0.39 is 0 Å². The average Bonchev–Trinajstić information content (AvgIpc) is 3.47. The van der Waals surface area contributed by atoms with Crippen molar-refractivity contribution in [3.63, 3.8) is 0 Å². The molecule has 0 aliphatic carbocycles. The highest BCUT2D eigenvalue weighted by molar-refractivity contribution is 7.99. The first-order valence-electron chi connectivity index (χ1n) is 9.98. The fourth-order valence-corrected chi connectivity index (χ4v) is 4.24. The van der Waals surface area contributed by atoms with Crippen molar-refractivity contribution in [2.24, 2.45) is 4.99 Å². The Bertz CT molecular complexity index is 1240. The lowest BCUT2D eigenvalue weighted by Gasteiger charge is -2.11. The lowest BCUT2D eigenvalue weighted by Crippen LogP contribution is -2.20. The fourth-order valence-electron chi connectivity index (χ4n) is 3.26. The number of pyridine rings is 1. The maximum atomic E-state index is 5.97. The van der Waals surface area contributed by atoms with Crippen LogP contribution in [-0.4, -0.2) is 37.6 Å². The molecule has 160 valence electrons. The lowest BCUT2D eigenvalue weighted by molar-refractivity contribution is 0.0533. The molecule has 1 atom stereocenters. The summed E-state index contributed by atoms with van der Waals surface area (Å²) in [4.78, 5) is 14.4. The van der Waals surface area contributed by atoms with E-state index in [4.69, 9.17) is 16.4 Å². The van der Waals surface area contributed by atoms with Crippen LogP contribution in [0.4, 0.5) is 0 Å². The molecular weight excluding hydrogens is 444 g/mol. The second kappa shape index (κ2) is 9.12. The number of rotatable bonds is 6. The quantitative estimate of drug-likeness (QED) is 0.419. The van der Waals surface area contributed by atoms with Crippen molar-refractivity contribution in [3.8, 4) is 17.1 Å². The van der Waals surface area contributed by atoms with Crippen molar-refractivity contribution in [1.29, 1.82) is 0 Å². The Kier molecular flexibility index (Phi) is 5.89. The number of aliphatic imine (C=N–C) groups is 1. The van der Waals surface area contributed by atoms with E-state index in [-0.39, 0.29) is 6.23 Å². The van der Waals surface area contributed by atoms with Gasteiger partial charge < -0.3 is 0 Å². The maximum absolute atomic E-state index is 5.97. The first kappa shape index (κ1) is 20.7. The molecule has 32 heavy (non-hydrogen) atoms. The minimum Gasteiger partial charge on any atom is -0.270 e. The Labute approximate surface area is 194 Å². The van der Waals surface area contributed by atoms with Crippen molar-refractivity contribution in [1.82, 2.24) is 25.2 Å². The number of thioether (sulfide) groups is 1. The van der Waals surface area contributed by atoms with E-state index >= 15 is 0 Å². The Morgan fingerprint density at radius 3 is 2.47 bits per heavy atom. The highest BCUT2D eigenvalue weighted by Crippen LogP contribution is 2.29. The van der Waals surface area contributed by atoms with Gasteiger partial charge in [0.1, 0.15) is 0 Å². The minimum absolute atomic E-state index is 0.349. The van der Waals surface area contributed by atoms with E-state index in [1.165, 1.54) is 17.3 Å². The third-order valence-corrected chi connectivity index (χ3v) is 6.13. The summed E-state index contributed by atoms with van der Waals surface area (Å²) in [5.74, 6) is 2.02. The summed E-state index contributed by atoms with van der Waals surface area (Å²) >= 11 is 7.51. The van der Waals surface area contributed by atoms with Gasteiger partial charge in [0, 0.05) is 34.2 Å². The summed E-state index contributed by atoms with van der Waals surface area (Å²) in [5, 5.41) is 10.4. The number of hydrogen-bond donors (Lipinski definition) is 1. The van der Waals surface area contributed by atoms with Crippen molar-refractivity contribution in [2.75, 3.05) is 5.75 Å². The summed E-state index contributed by atoms with van der Waals surface area (Å²) < 4.78 is 2.05. The van der Waals surface area contributed by atoms with E-state index in [0.29, 0.717) is 16.6 Å². The van der Waals surface area contributed by atoms with Gasteiger partial charge in [0.15, 0.2) is 23.0 Å². The van der Waals surface area contributed by atoms with Crippen LogP contribution in [0.2, 0.25) is 5.02 Å². The number of nitrogens with zero attached hydrogens (tertiary/aromatic N) is 5. The molecular formula is C23H19ClN6OS. The number of aromatic nitrogens is 4. The van der Waals surface area contributed by atoms with Crippen LogP contribution in [0.25, 0.3) is 17.1 Å². The molecule has 9 heteroatoms. The van der Waals surface area contributed by atoms with E-state index in [2.05, 4.69) is 56.8 Å². The number of amidine groups is 1. The molecule has 3 heterocycles. The molecule has 0 bridgehead atoms. The Hall–Kier alpha value is -3.20. The van der Waals surface area contributed by atoms with Gasteiger partial charge in [-0.3, -0.25) is 9.55 Å². The molecule has 1 aliphatic heterocycles. The van der Waals surface area contributed by atoms with Gasteiger partial charge in [-0.2, -0.15) is 0 Å². The molecule has 1 unspecified atom stereocenters. The summed E-state index contributed by atoms with van der Waals surface area (Å²) in [6.07, 6.45) is 3.15. The third kappa shape index (κ3) is 4.38. The fraction of sp³-hybridized carbons (Fsp3) is 0.130. The van der Waals surface area contributed by atoms with Gasteiger partial charge in [-0.25, -0.2) is 15.3 Å². The maximum Gasteiger partial charge on any atom is 0.196 e. The van der Waals surface area contributed by atoms with Crippen molar-refractivity contribution in [3.05, 3.63) is 89.2 Å². The summed E-state index contributed by atoms with van der Waals surface area (Å²) in [6, 6.07) is 19.6. The zero-order chi connectivity index (χ0) is 21.9. The van der Waals surface area contributed by atoms with Crippen LogP contribution in [0, 0.1) is 6.92 Å². The van der Waals surface area contributed by atoms with Crippen LogP contribution in [0.5, 0.6) is 0 Å². The van der Waals surface area contributed by atoms with Crippen LogP contribution in [0.3, 0.4) is 0 Å². The molecule has 0 spiro atoms. The highest BCUT2D eigenvalue weighted by Gasteiger charge is 2.22. The topological polar surface area (TPSA) is 77.2 Å². The second-order valence-electron chi connectivity index (χ2n) is 7.18. The lowest BCUT2D eigenvalue weighted by atomic mass is 10.2. The standard InChI is InChI=1S/C23H19ClN6OS/c1-15-2-8-19(9-3-15)30-22(17-10-12-25-13-11-17)27-28-23(30)32-14-20-26-21(29-31-20)16-4-6-18(24)7-5-16/h2-13,20H,14H2,1H3,(H,26,29). The SMILES string of the molecule is Cc1ccc(-n2c(SCC3N=C(c4ccc(Cl)cc4)NO3)nnc2-c2ccncc2)cc1. The molecule has 0 fully saturated rings. The van der Waals surface area contributed by atoms with Crippen LogP contribution in [0.1, 0.15) is 11.1 Å². The third-order valence-electron chi connectivity index (χ3n) is 4.90. The van der Waals surface area contributed by atoms with Gasteiger partial charge in [-0.05, 0) is 55.5 Å². The largest absolute Gasteiger partial charge is 0.270 e. The summed E-state index contributed by atoms with van der Waals surface area (Å²) in [6.45, 7) is 2.07. The molecule has 2 aromatic carbocycles. The molecule has 0 saturated heterocycles. The van der Waals surface area contributed by atoms with Crippen LogP contribution in [0.15, 0.2) is 83.2 Å². The molecule has 0 saturated carbocycles. The highest BCUT2D eigenvalue weighted by atomic mass is 35.5. The van der Waals surface area contributed by atoms with Crippen LogP contribution in [-0.2, 0) is 4.84 Å². The zero-order valence-corrected chi connectivity index (χ0v) is 18.7. The minimum atomic E-state index is -0.349. The number of nitrogens with one attached hydrogen (secondary N) is 1. The van der Waals surface area contributed by atoms with E-state index in [9.17, 15) is 0 Å². The number of benzene rings is 2. The molecule has 2 aromatic heterocycles. The van der Waals surface area contributed by atoms with Gasteiger partial charge in [0.25, 0.3) is 0 Å². The smallest absolute Gasteiger partial charge is 0.196 e. The molecule has 5 rings (SSSR count). The van der Waals surface area contributed by atoms with E-state index in [1.807, 2.05) is 41.0 Å². The Morgan fingerprint density at radius 2 is 1.72 bits per heavy atom. The van der Waals surface area contributed by atoms with Gasteiger partial charge in [0.05, 0.1) is 5.75 Å². The van der Waals surface area contributed by atoms with Gasteiger partial charge in [-0.1, -0.05) is 41.1 Å². The number of aryl methyl sites for hydroxylation is 1. The Morgan fingerprint density at radius 1 is 0.969 bits per heavy atom. The molecule has 4 aromatic rings. The molecule has 1 N–H and O–H groups in total. The molecule has 7 nitrogen and oxygen atoms in total. The number of hydrogen-bond acceptors (Lipinski definition) is 7. The molecule has 0 radical (unpaired) electrons. The predicted octanol–water partition coefficient (Wildman–Crippen LogP) is 4.69. The first-order valence-corrected chi connectivity index (χ1v) is 11.3. The van der Waals surface area contributed by atoms with Crippen molar-refractivity contribution in [2.45, 2.75) is 18.3 Å². The average molecular weight is 463 g/mol. The number of hydroxylamine groups is 1. The second-order valence-corrected chi connectivity index (χ2v) is 8.61. The van der Waals surface area contributed by atoms with Crippen molar-refractivity contribution < 1.29 is 4.84 Å². The monoisotopic (exact) mass is 462 g/mol. The van der Waals surface area contributed by atoms with E-state index in [0.717, 1.165) is 27.8 Å². The van der Waals surface area contributed by atoms with Crippen LogP contribution < -0.4 is 5.48 Å². The predicted molar refractivity (Wildman–Crippen MR) is 126 cm³/mol.